The van der Waals surface area contributed by atoms with Gasteiger partial charge in [0.25, 0.3) is 0 Å². The average molecular weight is 476 g/mol. The Hall–Kier alpha value is -3.63. The molecule has 34 heavy (non-hydrogen) atoms. The Morgan fingerprint density at radius 3 is 1.97 bits per heavy atom. The molecule has 5 amide bonds. The Bertz CT molecular complexity index is 917. The Morgan fingerprint density at radius 2 is 1.35 bits per heavy atom. The highest BCUT2D eigenvalue weighted by Crippen LogP contribution is 2.12. The number of rotatable bonds is 4. The standard InChI is InChI=1S/C23H33N5O6/c1-12(2)9-17-22(33)26-13(3)20(31)24-11-19(30)25-14(4)21(32)27-18(23(34)28-17)10-15-5-7-16(29)8-6-15/h5-8,12-14,17-18,29H,9-11H2,1-4H3,(H,24,31)(H,25,30)(H,26,33)(H,27,32)(H,28,34)/t13-,14-,17-,18-/m0/s1. The Balaban J connectivity index is 2.35. The predicted molar refractivity (Wildman–Crippen MR) is 123 cm³/mol. The fraction of sp³-hybridized carbons (Fsp3) is 0.522. The second kappa shape index (κ2) is 12.0. The molecular weight excluding hydrogens is 442 g/mol. The summed E-state index contributed by atoms with van der Waals surface area (Å²) in [6.07, 6.45) is 0.396. The summed E-state index contributed by atoms with van der Waals surface area (Å²) in [6, 6.07) is 2.25. The van der Waals surface area contributed by atoms with Gasteiger partial charge < -0.3 is 31.7 Å². The zero-order valence-electron chi connectivity index (χ0n) is 19.8. The fourth-order valence-electron chi connectivity index (χ4n) is 3.41. The summed E-state index contributed by atoms with van der Waals surface area (Å²) in [5.74, 6) is -2.81. The van der Waals surface area contributed by atoms with Crippen LogP contribution in [0.5, 0.6) is 5.75 Å². The topological polar surface area (TPSA) is 166 Å². The van der Waals surface area contributed by atoms with E-state index in [1.54, 1.807) is 12.1 Å². The lowest BCUT2D eigenvalue weighted by atomic mass is 10.0. The summed E-state index contributed by atoms with van der Waals surface area (Å²) in [6.45, 7) is 6.33. The molecule has 1 aliphatic heterocycles. The minimum absolute atomic E-state index is 0.0502. The van der Waals surface area contributed by atoms with Crippen molar-refractivity contribution in [3.63, 3.8) is 0 Å². The van der Waals surface area contributed by atoms with Crippen LogP contribution >= 0.6 is 0 Å². The maximum absolute atomic E-state index is 13.2. The smallest absolute Gasteiger partial charge is 0.243 e. The number of hydrogen-bond donors (Lipinski definition) is 6. The number of carbonyl (C=O) groups is 5. The van der Waals surface area contributed by atoms with E-state index in [1.807, 2.05) is 13.8 Å². The number of carbonyl (C=O) groups excluding carboxylic acids is 5. The molecule has 0 bridgehead atoms. The van der Waals surface area contributed by atoms with E-state index in [1.165, 1.54) is 26.0 Å². The van der Waals surface area contributed by atoms with E-state index in [4.69, 9.17) is 0 Å². The Kier molecular flexibility index (Phi) is 9.40. The van der Waals surface area contributed by atoms with E-state index in [-0.39, 0.29) is 24.6 Å². The van der Waals surface area contributed by atoms with E-state index in [2.05, 4.69) is 26.6 Å². The number of benzene rings is 1. The molecule has 1 aromatic carbocycles. The second-order valence-corrected chi connectivity index (χ2v) is 8.86. The molecule has 0 aromatic heterocycles. The van der Waals surface area contributed by atoms with Crippen LogP contribution in [-0.4, -0.2) is 65.4 Å². The Morgan fingerprint density at radius 1 is 0.794 bits per heavy atom. The number of phenolic OH excluding ortho intramolecular Hbond substituents is 1. The molecular formula is C23H33N5O6. The molecule has 0 unspecified atom stereocenters. The number of aromatic hydroxyl groups is 1. The van der Waals surface area contributed by atoms with Gasteiger partial charge in [-0.25, -0.2) is 0 Å². The van der Waals surface area contributed by atoms with Crippen LogP contribution in [0, 0.1) is 5.92 Å². The van der Waals surface area contributed by atoms with Gasteiger partial charge >= 0.3 is 0 Å². The molecule has 1 heterocycles. The van der Waals surface area contributed by atoms with Crippen molar-refractivity contribution in [1.29, 1.82) is 0 Å². The van der Waals surface area contributed by atoms with Crippen molar-refractivity contribution in [1.82, 2.24) is 26.6 Å². The number of nitrogens with one attached hydrogen (secondary N) is 5. The summed E-state index contributed by atoms with van der Waals surface area (Å²) < 4.78 is 0. The van der Waals surface area contributed by atoms with E-state index in [0.29, 0.717) is 12.0 Å². The van der Waals surface area contributed by atoms with Crippen LogP contribution < -0.4 is 26.6 Å². The molecule has 11 heteroatoms. The number of hydrogen-bond acceptors (Lipinski definition) is 6. The third kappa shape index (κ3) is 8.05. The zero-order chi connectivity index (χ0) is 25.4. The van der Waals surface area contributed by atoms with Gasteiger partial charge in [0.15, 0.2) is 0 Å². The molecule has 1 aliphatic rings. The number of phenols is 1. The lowest BCUT2D eigenvalue weighted by Gasteiger charge is -2.25. The van der Waals surface area contributed by atoms with Gasteiger partial charge in [-0.3, -0.25) is 24.0 Å². The van der Waals surface area contributed by atoms with Gasteiger partial charge in [-0.05, 0) is 43.9 Å². The van der Waals surface area contributed by atoms with E-state index in [9.17, 15) is 29.1 Å². The van der Waals surface area contributed by atoms with Crippen molar-refractivity contribution in [3.05, 3.63) is 29.8 Å². The average Bonchev–Trinajstić information content (AvgIpc) is 2.76. The van der Waals surface area contributed by atoms with Gasteiger partial charge in [-0.15, -0.1) is 0 Å². The van der Waals surface area contributed by atoms with E-state index in [0.717, 1.165) is 0 Å². The van der Waals surface area contributed by atoms with Crippen LogP contribution in [0.25, 0.3) is 0 Å². The Labute approximate surface area is 198 Å². The van der Waals surface area contributed by atoms with Crippen LogP contribution in [-0.2, 0) is 30.4 Å². The number of amides is 5. The van der Waals surface area contributed by atoms with Crippen molar-refractivity contribution in [3.8, 4) is 5.75 Å². The summed E-state index contributed by atoms with van der Waals surface area (Å²) in [4.78, 5) is 63.2. The first kappa shape index (κ1) is 26.6. The van der Waals surface area contributed by atoms with Crippen LogP contribution in [0.1, 0.15) is 39.7 Å². The van der Waals surface area contributed by atoms with Crippen molar-refractivity contribution < 1.29 is 29.1 Å². The van der Waals surface area contributed by atoms with Gasteiger partial charge in [0.1, 0.15) is 29.9 Å². The van der Waals surface area contributed by atoms with Crippen LogP contribution in [0.15, 0.2) is 24.3 Å². The van der Waals surface area contributed by atoms with E-state index < -0.39 is 53.7 Å². The summed E-state index contributed by atoms with van der Waals surface area (Å²) in [7, 11) is 0. The van der Waals surface area contributed by atoms with Crippen molar-refractivity contribution in [2.45, 2.75) is 64.7 Å². The van der Waals surface area contributed by atoms with Gasteiger partial charge in [-0.2, -0.15) is 0 Å². The highest BCUT2D eigenvalue weighted by molar-refractivity contribution is 5.96. The maximum atomic E-state index is 13.2. The van der Waals surface area contributed by atoms with Crippen molar-refractivity contribution >= 4 is 29.5 Å². The molecule has 1 fully saturated rings. The van der Waals surface area contributed by atoms with Gasteiger partial charge in [-0.1, -0.05) is 26.0 Å². The first-order chi connectivity index (χ1) is 16.0. The highest BCUT2D eigenvalue weighted by Gasteiger charge is 2.30. The maximum Gasteiger partial charge on any atom is 0.243 e. The molecule has 6 N–H and O–H groups in total. The van der Waals surface area contributed by atoms with Crippen LogP contribution in [0.4, 0.5) is 0 Å². The van der Waals surface area contributed by atoms with Crippen molar-refractivity contribution in [2.75, 3.05) is 6.54 Å². The monoisotopic (exact) mass is 475 g/mol. The minimum Gasteiger partial charge on any atom is -0.508 e. The van der Waals surface area contributed by atoms with Gasteiger partial charge in [0.05, 0.1) is 6.54 Å². The molecule has 4 atom stereocenters. The quantitative estimate of drug-likeness (QED) is 0.330. The van der Waals surface area contributed by atoms with Crippen LogP contribution in [0.2, 0.25) is 0 Å². The molecule has 2 rings (SSSR count). The molecule has 1 saturated heterocycles. The normalized spacial score (nSPS) is 25.3. The molecule has 186 valence electrons. The zero-order valence-corrected chi connectivity index (χ0v) is 19.8. The van der Waals surface area contributed by atoms with Crippen LogP contribution in [0.3, 0.4) is 0 Å². The lowest BCUT2D eigenvalue weighted by molar-refractivity contribution is -0.134. The second-order valence-electron chi connectivity index (χ2n) is 8.86. The first-order valence-electron chi connectivity index (χ1n) is 11.2. The fourth-order valence-corrected chi connectivity index (χ4v) is 3.41. The molecule has 0 aliphatic carbocycles. The van der Waals surface area contributed by atoms with Gasteiger partial charge in [0.2, 0.25) is 29.5 Å². The minimum atomic E-state index is -1.05. The summed E-state index contributed by atoms with van der Waals surface area (Å²) in [5.41, 5.74) is 0.668. The third-order valence-electron chi connectivity index (χ3n) is 5.30. The van der Waals surface area contributed by atoms with Crippen molar-refractivity contribution in [2.24, 2.45) is 5.92 Å². The van der Waals surface area contributed by atoms with Gasteiger partial charge in [0, 0.05) is 6.42 Å². The molecule has 11 nitrogen and oxygen atoms in total. The molecule has 0 saturated carbocycles. The summed E-state index contributed by atoms with van der Waals surface area (Å²) in [5, 5.41) is 22.3. The molecule has 1 aromatic rings. The highest BCUT2D eigenvalue weighted by atomic mass is 16.3. The summed E-state index contributed by atoms with van der Waals surface area (Å²) >= 11 is 0. The largest absolute Gasteiger partial charge is 0.508 e. The predicted octanol–water partition coefficient (Wildman–Crippen LogP) is -0.910. The third-order valence-corrected chi connectivity index (χ3v) is 5.30. The molecule has 0 spiro atoms. The first-order valence-corrected chi connectivity index (χ1v) is 11.2. The van der Waals surface area contributed by atoms with E-state index >= 15 is 0 Å². The molecule has 0 radical (unpaired) electrons. The SMILES string of the molecule is CC(C)C[C@@H]1NC(=O)[C@H](Cc2ccc(O)cc2)NC(=O)[C@H](C)NC(=O)CNC(=O)[C@H](C)NC1=O. The lowest BCUT2D eigenvalue weighted by Crippen LogP contribution is -2.57.